The van der Waals surface area contributed by atoms with Gasteiger partial charge in [0.15, 0.2) is 5.78 Å². The van der Waals surface area contributed by atoms with Gasteiger partial charge in [0.25, 0.3) is 0 Å². The molecule has 2 aromatic heterocycles. The Kier molecular flexibility index (Phi) is 6.97. The second-order valence-electron chi connectivity index (χ2n) is 11.7. The molecule has 1 N–H and O–H groups in total. The van der Waals surface area contributed by atoms with E-state index >= 15 is 0 Å². The molecule has 3 fully saturated rings. The molecule has 3 atom stereocenters. The van der Waals surface area contributed by atoms with Crippen molar-refractivity contribution < 1.29 is 18.0 Å². The SMILES string of the molecule is CC1C(Nc2nncn2[C@H]2CCc3sc(CC(=O)C4CC4)c(C(=O)CCC4CC4)c3C2)CCN1S(C)(=O)=O. The maximum absolute atomic E-state index is 13.5. The molecule has 0 amide bonds. The summed E-state index contributed by atoms with van der Waals surface area (Å²) in [6.07, 6.45) is 12.5. The second-order valence-corrected chi connectivity index (χ2v) is 14.9. The van der Waals surface area contributed by atoms with Crippen molar-refractivity contribution in [2.75, 3.05) is 18.1 Å². The predicted octanol–water partition coefficient (Wildman–Crippen LogP) is 3.80. The van der Waals surface area contributed by atoms with Gasteiger partial charge >= 0.3 is 0 Å². The van der Waals surface area contributed by atoms with Crippen molar-refractivity contribution in [1.29, 1.82) is 0 Å². The molecular weight excluding hydrogens is 522 g/mol. The van der Waals surface area contributed by atoms with Gasteiger partial charge in [0.05, 0.1) is 6.26 Å². The number of aromatic nitrogens is 3. The summed E-state index contributed by atoms with van der Waals surface area (Å²) >= 11 is 1.69. The van der Waals surface area contributed by atoms with Crippen LogP contribution in [0, 0.1) is 11.8 Å². The molecule has 11 heteroatoms. The van der Waals surface area contributed by atoms with Crippen LogP contribution in [0.15, 0.2) is 6.33 Å². The van der Waals surface area contributed by atoms with Gasteiger partial charge in [-0.15, -0.1) is 21.5 Å². The Morgan fingerprint density at radius 1 is 1.16 bits per heavy atom. The first-order valence-corrected chi connectivity index (χ1v) is 16.7. The topological polar surface area (TPSA) is 114 Å². The summed E-state index contributed by atoms with van der Waals surface area (Å²) in [5, 5.41) is 12.0. The molecule has 0 aromatic carbocycles. The van der Waals surface area contributed by atoms with Crippen LogP contribution in [0.25, 0.3) is 0 Å². The van der Waals surface area contributed by atoms with E-state index in [1.807, 2.05) is 6.92 Å². The number of nitrogens with one attached hydrogen (secondary N) is 1. The number of fused-ring (bicyclic) bond motifs is 1. The van der Waals surface area contributed by atoms with Crippen molar-refractivity contribution in [3.63, 3.8) is 0 Å². The number of rotatable bonds is 11. The van der Waals surface area contributed by atoms with E-state index < -0.39 is 10.0 Å². The van der Waals surface area contributed by atoms with Crippen molar-refractivity contribution in [3.05, 3.63) is 27.2 Å². The summed E-state index contributed by atoms with van der Waals surface area (Å²) in [5.74, 6) is 2.03. The largest absolute Gasteiger partial charge is 0.350 e. The Hall–Kier alpha value is -2.11. The molecule has 6 rings (SSSR count). The number of hydrogen-bond acceptors (Lipinski definition) is 8. The molecule has 1 aliphatic heterocycles. The van der Waals surface area contributed by atoms with Crippen molar-refractivity contribution >= 4 is 38.9 Å². The van der Waals surface area contributed by atoms with E-state index in [0.717, 1.165) is 54.5 Å². The van der Waals surface area contributed by atoms with Gasteiger partial charge in [-0.25, -0.2) is 8.42 Å². The molecule has 0 bridgehead atoms. The van der Waals surface area contributed by atoms with Gasteiger partial charge in [0.1, 0.15) is 12.1 Å². The molecule has 2 saturated carbocycles. The maximum atomic E-state index is 13.5. The number of aryl methyl sites for hydroxylation is 1. The highest BCUT2D eigenvalue weighted by Crippen LogP contribution is 2.42. The number of sulfonamides is 1. The van der Waals surface area contributed by atoms with E-state index in [-0.39, 0.29) is 35.6 Å². The Morgan fingerprint density at radius 2 is 1.95 bits per heavy atom. The van der Waals surface area contributed by atoms with Gasteiger partial charge in [-0.3, -0.25) is 14.2 Å². The molecule has 0 radical (unpaired) electrons. The Labute approximate surface area is 228 Å². The number of hydrogen-bond donors (Lipinski definition) is 1. The van der Waals surface area contributed by atoms with Crippen LogP contribution in [-0.2, 0) is 34.1 Å². The van der Waals surface area contributed by atoms with Gasteiger partial charge in [-0.05, 0) is 63.4 Å². The summed E-state index contributed by atoms with van der Waals surface area (Å²) < 4.78 is 27.8. The van der Waals surface area contributed by atoms with Crippen molar-refractivity contribution in [2.24, 2.45) is 11.8 Å². The molecule has 38 heavy (non-hydrogen) atoms. The van der Waals surface area contributed by atoms with Crippen LogP contribution in [0.4, 0.5) is 5.95 Å². The molecule has 206 valence electrons. The predicted molar refractivity (Wildman–Crippen MR) is 146 cm³/mol. The van der Waals surface area contributed by atoms with Crippen LogP contribution in [0.3, 0.4) is 0 Å². The van der Waals surface area contributed by atoms with Crippen LogP contribution < -0.4 is 5.32 Å². The average molecular weight is 560 g/mol. The molecule has 2 aromatic rings. The lowest BCUT2D eigenvalue weighted by atomic mass is 9.88. The minimum Gasteiger partial charge on any atom is -0.350 e. The molecule has 4 aliphatic rings. The smallest absolute Gasteiger partial charge is 0.224 e. The molecule has 0 spiro atoms. The van der Waals surface area contributed by atoms with E-state index in [0.29, 0.717) is 37.7 Å². The maximum Gasteiger partial charge on any atom is 0.224 e. The number of thiophene rings is 1. The van der Waals surface area contributed by atoms with Crippen LogP contribution in [0.5, 0.6) is 0 Å². The lowest BCUT2D eigenvalue weighted by Crippen LogP contribution is -2.39. The van der Waals surface area contributed by atoms with E-state index in [1.165, 1.54) is 28.3 Å². The monoisotopic (exact) mass is 559 g/mol. The fourth-order valence-electron chi connectivity index (χ4n) is 6.23. The third kappa shape index (κ3) is 5.34. The number of nitrogens with zero attached hydrogens (tertiary/aromatic N) is 4. The number of anilines is 1. The van der Waals surface area contributed by atoms with E-state index in [1.54, 1.807) is 17.7 Å². The summed E-state index contributed by atoms with van der Waals surface area (Å²) in [6, 6.07) is -0.126. The third-order valence-electron chi connectivity index (χ3n) is 8.83. The number of carbonyl (C=O) groups is 2. The normalized spacial score (nSPS) is 25.9. The highest BCUT2D eigenvalue weighted by atomic mass is 32.2. The van der Waals surface area contributed by atoms with Gasteiger partial charge < -0.3 is 5.32 Å². The molecule has 1 saturated heterocycles. The fraction of sp³-hybridized carbons (Fsp3) is 0.704. The zero-order valence-corrected chi connectivity index (χ0v) is 23.8. The van der Waals surface area contributed by atoms with Crippen LogP contribution in [0.1, 0.15) is 90.0 Å². The standard InChI is InChI=1S/C27H37N5O4S2/c1-16-21(11-12-32(16)38(2,35)36)29-27-30-28-15-31(27)19-8-10-24-20(13-19)26(22(33)9-5-17-3-4-17)25(37-24)14-23(34)18-6-7-18/h15-19,21H,3-14H2,1-2H3,(H,29,30)/t16?,19-,21?/m0/s1. The first-order chi connectivity index (χ1) is 18.2. The third-order valence-corrected chi connectivity index (χ3v) is 11.5. The van der Waals surface area contributed by atoms with E-state index in [2.05, 4.69) is 20.1 Å². The van der Waals surface area contributed by atoms with Gasteiger partial charge in [0, 0.05) is 58.7 Å². The summed E-state index contributed by atoms with van der Waals surface area (Å²) in [5.41, 5.74) is 1.96. The summed E-state index contributed by atoms with van der Waals surface area (Å²) in [4.78, 5) is 28.5. The van der Waals surface area contributed by atoms with Crippen molar-refractivity contribution in [3.8, 4) is 0 Å². The number of Topliss-reactive ketones (excluding diaryl/α,β-unsaturated/α-hetero) is 2. The first-order valence-electron chi connectivity index (χ1n) is 14.0. The lowest BCUT2D eigenvalue weighted by Gasteiger charge is -2.27. The van der Waals surface area contributed by atoms with Crippen LogP contribution in [-0.4, -0.2) is 63.9 Å². The average Bonchev–Trinajstić information content (AvgIpc) is 3.78. The highest BCUT2D eigenvalue weighted by Gasteiger charge is 2.38. The van der Waals surface area contributed by atoms with Gasteiger partial charge in [0.2, 0.25) is 16.0 Å². The molecule has 2 unspecified atom stereocenters. The second kappa shape index (κ2) is 10.1. The quantitative estimate of drug-likeness (QED) is 0.417. The van der Waals surface area contributed by atoms with Crippen LogP contribution in [0.2, 0.25) is 0 Å². The Balaban J connectivity index is 1.22. The zero-order chi connectivity index (χ0) is 26.6. The van der Waals surface area contributed by atoms with Gasteiger partial charge in [-0.2, -0.15) is 4.31 Å². The number of carbonyl (C=O) groups excluding carboxylic acids is 2. The van der Waals surface area contributed by atoms with Gasteiger partial charge in [-0.1, -0.05) is 12.8 Å². The van der Waals surface area contributed by atoms with E-state index in [9.17, 15) is 18.0 Å². The Morgan fingerprint density at radius 3 is 2.63 bits per heavy atom. The highest BCUT2D eigenvalue weighted by molar-refractivity contribution is 7.88. The summed E-state index contributed by atoms with van der Waals surface area (Å²) in [6.45, 7) is 2.41. The molecule has 9 nitrogen and oxygen atoms in total. The van der Waals surface area contributed by atoms with Crippen molar-refractivity contribution in [1.82, 2.24) is 19.1 Å². The molecular formula is C27H37N5O4S2. The molecule has 3 aliphatic carbocycles. The number of ketones is 2. The fourth-order valence-corrected chi connectivity index (χ4v) is 8.80. The molecule has 3 heterocycles. The Bertz CT molecular complexity index is 1340. The van der Waals surface area contributed by atoms with E-state index in [4.69, 9.17) is 0 Å². The minimum absolute atomic E-state index is 0.0485. The minimum atomic E-state index is -3.26. The van der Waals surface area contributed by atoms with Crippen LogP contribution >= 0.6 is 11.3 Å². The zero-order valence-electron chi connectivity index (χ0n) is 22.2. The lowest BCUT2D eigenvalue weighted by molar-refractivity contribution is -0.119. The summed E-state index contributed by atoms with van der Waals surface area (Å²) in [7, 11) is -3.26. The first kappa shape index (κ1) is 26.1. The van der Waals surface area contributed by atoms with Crippen molar-refractivity contribution in [2.45, 2.75) is 95.7 Å².